The number of carbonyl (C=O) groups is 1. The molecule has 1 aromatic rings. The summed E-state index contributed by atoms with van der Waals surface area (Å²) < 4.78 is 28.2. The summed E-state index contributed by atoms with van der Waals surface area (Å²) in [7, 11) is -2.36. The van der Waals surface area contributed by atoms with Gasteiger partial charge in [0.05, 0.1) is 17.7 Å². The van der Waals surface area contributed by atoms with Gasteiger partial charge in [-0.1, -0.05) is 26.2 Å². The number of nitrogens with two attached hydrogens (primary N) is 1. The van der Waals surface area contributed by atoms with Gasteiger partial charge in [0.25, 0.3) is 0 Å². The summed E-state index contributed by atoms with van der Waals surface area (Å²) in [6, 6.07) is 4.21. The fourth-order valence-corrected chi connectivity index (χ4v) is 3.94. The maximum Gasteiger partial charge on any atom is 0.238 e. The Balaban J connectivity index is 2.03. The average molecular weight is 368 g/mol. The smallest absolute Gasteiger partial charge is 0.238 e. The predicted molar refractivity (Wildman–Crippen MR) is 98.0 cm³/mol. The van der Waals surface area contributed by atoms with Gasteiger partial charge < -0.3 is 10.1 Å². The summed E-state index contributed by atoms with van der Waals surface area (Å²) in [6.07, 6.45) is 7.60. The summed E-state index contributed by atoms with van der Waals surface area (Å²) >= 11 is 0. The zero-order valence-corrected chi connectivity index (χ0v) is 15.8. The van der Waals surface area contributed by atoms with E-state index in [0.29, 0.717) is 11.4 Å². The maximum atomic E-state index is 12.6. The first-order valence-electron chi connectivity index (χ1n) is 8.86. The van der Waals surface area contributed by atoms with Crippen LogP contribution in [0.15, 0.2) is 23.1 Å². The summed E-state index contributed by atoms with van der Waals surface area (Å²) in [5.74, 6) is 1.01. The number of methoxy groups -OCH3 is 1. The van der Waals surface area contributed by atoms with Crippen LogP contribution < -0.4 is 15.2 Å². The SMILES string of the molecule is CCCCC1CCC(C(=O)Nc2cc(S(N)(=O)=O)ccc2OC)CC1. The number of ether oxygens (including phenoxy) is 1. The zero-order valence-electron chi connectivity index (χ0n) is 15.0. The lowest BCUT2D eigenvalue weighted by Crippen LogP contribution is -2.27. The Labute approximate surface area is 150 Å². The highest BCUT2D eigenvalue weighted by Gasteiger charge is 2.26. The number of hydrogen-bond donors (Lipinski definition) is 2. The van der Waals surface area contributed by atoms with E-state index in [1.165, 1.54) is 44.6 Å². The van der Waals surface area contributed by atoms with Gasteiger partial charge in [0, 0.05) is 5.92 Å². The number of nitrogens with one attached hydrogen (secondary N) is 1. The van der Waals surface area contributed by atoms with Crippen molar-refractivity contribution in [3.63, 3.8) is 0 Å². The fraction of sp³-hybridized carbons (Fsp3) is 0.611. The van der Waals surface area contributed by atoms with Crippen LogP contribution in [0, 0.1) is 11.8 Å². The molecule has 1 saturated carbocycles. The molecule has 140 valence electrons. The Morgan fingerprint density at radius 1 is 1.28 bits per heavy atom. The molecular formula is C18H28N2O4S. The van der Waals surface area contributed by atoms with Gasteiger partial charge in [-0.15, -0.1) is 0 Å². The number of anilines is 1. The molecular weight excluding hydrogens is 340 g/mol. The summed E-state index contributed by atoms with van der Waals surface area (Å²) in [6.45, 7) is 2.20. The third kappa shape index (κ3) is 5.44. The zero-order chi connectivity index (χ0) is 18.4. The Bertz CT molecular complexity index is 695. The third-order valence-corrected chi connectivity index (χ3v) is 5.85. The topological polar surface area (TPSA) is 98.5 Å². The van der Waals surface area contributed by atoms with Crippen LogP contribution in [0.1, 0.15) is 51.9 Å². The lowest BCUT2D eigenvalue weighted by atomic mass is 9.79. The van der Waals surface area contributed by atoms with Crippen LogP contribution in [0.4, 0.5) is 5.69 Å². The molecule has 0 aromatic heterocycles. The Morgan fingerprint density at radius 2 is 1.96 bits per heavy atom. The lowest BCUT2D eigenvalue weighted by molar-refractivity contribution is -0.121. The molecule has 0 radical (unpaired) electrons. The van der Waals surface area contributed by atoms with Crippen LogP contribution in [0.3, 0.4) is 0 Å². The van der Waals surface area contributed by atoms with Crippen LogP contribution in [0.5, 0.6) is 5.75 Å². The molecule has 0 saturated heterocycles. The highest BCUT2D eigenvalue weighted by molar-refractivity contribution is 7.89. The van der Waals surface area contributed by atoms with E-state index in [9.17, 15) is 13.2 Å². The second kappa shape index (κ2) is 8.67. The van der Waals surface area contributed by atoms with E-state index in [-0.39, 0.29) is 16.7 Å². The standard InChI is InChI=1S/C18H28N2O4S/c1-3-4-5-13-6-8-14(9-7-13)18(21)20-16-12-15(25(19,22)23)10-11-17(16)24-2/h10-14H,3-9H2,1-2H3,(H,20,21)(H2,19,22,23). The average Bonchev–Trinajstić information content (AvgIpc) is 2.59. The van der Waals surface area contributed by atoms with E-state index in [1.807, 2.05) is 0 Å². The molecule has 1 fully saturated rings. The van der Waals surface area contributed by atoms with Gasteiger partial charge in [-0.2, -0.15) is 0 Å². The van der Waals surface area contributed by atoms with E-state index in [1.54, 1.807) is 0 Å². The van der Waals surface area contributed by atoms with Gasteiger partial charge in [-0.3, -0.25) is 4.79 Å². The monoisotopic (exact) mass is 368 g/mol. The molecule has 0 unspecified atom stereocenters. The van der Waals surface area contributed by atoms with Crippen LogP contribution in [0.2, 0.25) is 0 Å². The summed E-state index contributed by atoms with van der Waals surface area (Å²) in [4.78, 5) is 12.5. The molecule has 0 spiro atoms. The minimum Gasteiger partial charge on any atom is -0.495 e. The van der Waals surface area contributed by atoms with Crippen molar-refractivity contribution in [2.45, 2.75) is 56.8 Å². The molecule has 0 atom stereocenters. The van der Waals surface area contributed by atoms with Crippen molar-refractivity contribution in [1.29, 1.82) is 0 Å². The molecule has 0 aliphatic heterocycles. The largest absolute Gasteiger partial charge is 0.495 e. The van der Waals surface area contributed by atoms with Gasteiger partial charge in [0.15, 0.2) is 0 Å². The molecule has 2 rings (SSSR count). The summed E-state index contributed by atoms with van der Waals surface area (Å²) in [5.41, 5.74) is 0.340. The van der Waals surface area contributed by atoms with E-state index < -0.39 is 10.0 Å². The third-order valence-electron chi connectivity index (χ3n) is 4.94. The molecule has 1 aliphatic carbocycles. The van der Waals surface area contributed by atoms with E-state index >= 15 is 0 Å². The number of carbonyl (C=O) groups excluding carboxylic acids is 1. The number of sulfonamides is 1. The number of unbranched alkanes of at least 4 members (excludes halogenated alkanes) is 1. The first kappa shape index (κ1) is 19.7. The number of benzene rings is 1. The summed E-state index contributed by atoms with van der Waals surface area (Å²) in [5, 5.41) is 7.98. The minimum atomic E-state index is -3.83. The molecule has 25 heavy (non-hydrogen) atoms. The van der Waals surface area contributed by atoms with Gasteiger partial charge in [-0.25, -0.2) is 13.6 Å². The number of rotatable bonds is 7. The molecule has 0 bridgehead atoms. The number of amides is 1. The highest BCUT2D eigenvalue weighted by atomic mass is 32.2. The first-order valence-corrected chi connectivity index (χ1v) is 10.4. The van der Waals surface area contributed by atoms with Gasteiger partial charge >= 0.3 is 0 Å². The Morgan fingerprint density at radius 3 is 2.52 bits per heavy atom. The molecule has 3 N–H and O–H groups in total. The van der Waals surface area contributed by atoms with Gasteiger partial charge in [-0.05, 0) is 49.8 Å². The van der Waals surface area contributed by atoms with Crippen molar-refractivity contribution in [1.82, 2.24) is 0 Å². The van der Waals surface area contributed by atoms with Crippen LogP contribution >= 0.6 is 0 Å². The van der Waals surface area contributed by atoms with Crippen molar-refractivity contribution in [3.8, 4) is 5.75 Å². The van der Waals surface area contributed by atoms with E-state index in [2.05, 4.69) is 12.2 Å². The first-order chi connectivity index (χ1) is 11.8. The Hall–Kier alpha value is -1.60. The predicted octanol–water partition coefficient (Wildman–Crippen LogP) is 3.28. The van der Waals surface area contributed by atoms with E-state index in [4.69, 9.17) is 9.88 Å². The van der Waals surface area contributed by atoms with Crippen molar-refractivity contribution in [2.75, 3.05) is 12.4 Å². The lowest BCUT2D eigenvalue weighted by Gasteiger charge is -2.28. The van der Waals surface area contributed by atoms with E-state index in [0.717, 1.165) is 31.6 Å². The van der Waals surface area contributed by atoms with Gasteiger partial charge in [0.2, 0.25) is 15.9 Å². The molecule has 1 aliphatic rings. The van der Waals surface area contributed by atoms with Crippen molar-refractivity contribution in [3.05, 3.63) is 18.2 Å². The highest BCUT2D eigenvalue weighted by Crippen LogP contribution is 2.34. The van der Waals surface area contributed by atoms with Crippen molar-refractivity contribution >= 4 is 21.6 Å². The molecule has 0 heterocycles. The van der Waals surface area contributed by atoms with Crippen LogP contribution in [-0.2, 0) is 14.8 Å². The minimum absolute atomic E-state index is 0.0410. The second-order valence-corrected chi connectivity index (χ2v) is 8.32. The van der Waals surface area contributed by atoms with Crippen LogP contribution in [-0.4, -0.2) is 21.4 Å². The van der Waals surface area contributed by atoms with Crippen molar-refractivity contribution < 1.29 is 17.9 Å². The quantitative estimate of drug-likeness (QED) is 0.771. The molecule has 7 heteroatoms. The Kier molecular flexibility index (Phi) is 6.84. The van der Waals surface area contributed by atoms with Crippen molar-refractivity contribution in [2.24, 2.45) is 17.0 Å². The molecule has 1 aromatic carbocycles. The number of hydrogen-bond acceptors (Lipinski definition) is 4. The maximum absolute atomic E-state index is 12.6. The normalized spacial score (nSPS) is 20.9. The number of primary sulfonamides is 1. The fourth-order valence-electron chi connectivity index (χ4n) is 3.40. The second-order valence-electron chi connectivity index (χ2n) is 6.76. The van der Waals surface area contributed by atoms with Crippen LogP contribution in [0.25, 0.3) is 0 Å². The van der Waals surface area contributed by atoms with Gasteiger partial charge in [0.1, 0.15) is 5.75 Å². The molecule has 6 nitrogen and oxygen atoms in total. The molecule has 1 amide bonds.